The minimum atomic E-state index is -0.0168. The number of aromatic nitrogens is 2. The Kier molecular flexibility index (Phi) is 2.69. The van der Waals surface area contributed by atoms with Gasteiger partial charge in [0.05, 0.1) is 5.69 Å². The van der Waals surface area contributed by atoms with Crippen LogP contribution < -0.4 is 5.73 Å². The highest BCUT2D eigenvalue weighted by atomic mass is 15.0. The molecule has 3 nitrogen and oxygen atoms in total. The summed E-state index contributed by atoms with van der Waals surface area (Å²) < 4.78 is 0. The molecule has 0 amide bonds. The molecule has 17 heavy (non-hydrogen) atoms. The van der Waals surface area contributed by atoms with Gasteiger partial charge in [0, 0.05) is 11.0 Å². The van der Waals surface area contributed by atoms with E-state index in [0.29, 0.717) is 5.82 Å². The Morgan fingerprint density at radius 1 is 1.12 bits per heavy atom. The van der Waals surface area contributed by atoms with Crippen LogP contribution in [0.2, 0.25) is 0 Å². The molecule has 1 heterocycles. The number of nitrogens with zero attached hydrogens (tertiary/aromatic N) is 1. The first kappa shape index (κ1) is 11.7. The Bertz CT molecular complexity index is 515. The fourth-order valence-electron chi connectivity index (χ4n) is 1.68. The van der Waals surface area contributed by atoms with E-state index in [1.54, 1.807) is 0 Å². The number of nitrogens with one attached hydrogen (secondary N) is 1. The smallest absolute Gasteiger partial charge is 0.149 e. The second-order valence-electron chi connectivity index (χ2n) is 5.46. The van der Waals surface area contributed by atoms with Crippen LogP contribution in [0.3, 0.4) is 0 Å². The number of aryl methyl sites for hydroxylation is 1. The molecule has 1 aromatic carbocycles. The molecular weight excluding hydrogens is 210 g/mol. The third-order valence-corrected chi connectivity index (χ3v) is 2.78. The summed E-state index contributed by atoms with van der Waals surface area (Å²) in [4.78, 5) is 7.72. The van der Waals surface area contributed by atoms with E-state index in [0.717, 1.165) is 17.1 Å². The Hall–Kier alpha value is -1.77. The van der Waals surface area contributed by atoms with Gasteiger partial charge >= 0.3 is 0 Å². The van der Waals surface area contributed by atoms with Crippen LogP contribution >= 0.6 is 0 Å². The Morgan fingerprint density at radius 2 is 1.71 bits per heavy atom. The Morgan fingerprint density at radius 3 is 2.18 bits per heavy atom. The number of benzene rings is 1. The summed E-state index contributed by atoms with van der Waals surface area (Å²) in [5.74, 6) is 1.49. The van der Waals surface area contributed by atoms with Gasteiger partial charge in [-0.05, 0) is 6.92 Å². The van der Waals surface area contributed by atoms with E-state index in [9.17, 15) is 0 Å². The summed E-state index contributed by atoms with van der Waals surface area (Å²) in [6.07, 6.45) is 0. The number of H-pyrrole nitrogens is 1. The first-order valence-corrected chi connectivity index (χ1v) is 5.81. The van der Waals surface area contributed by atoms with Crippen molar-refractivity contribution >= 4 is 5.82 Å². The lowest BCUT2D eigenvalue weighted by atomic mass is 9.96. The number of rotatable bonds is 1. The number of nitrogens with two attached hydrogens (primary N) is 1. The lowest BCUT2D eigenvalue weighted by Gasteiger charge is -2.13. The molecule has 0 aliphatic heterocycles. The molecular formula is C14H19N3. The molecule has 0 fully saturated rings. The third-order valence-electron chi connectivity index (χ3n) is 2.78. The fourth-order valence-corrected chi connectivity index (χ4v) is 1.68. The van der Waals surface area contributed by atoms with E-state index in [2.05, 4.69) is 61.9 Å². The Balaban J connectivity index is 2.46. The van der Waals surface area contributed by atoms with Crippen molar-refractivity contribution in [1.82, 2.24) is 9.97 Å². The molecule has 0 aliphatic carbocycles. The molecule has 1 aromatic heterocycles. The zero-order valence-electron chi connectivity index (χ0n) is 10.8. The summed E-state index contributed by atoms with van der Waals surface area (Å²) >= 11 is 0. The predicted molar refractivity (Wildman–Crippen MR) is 71.9 cm³/mol. The van der Waals surface area contributed by atoms with Crippen LogP contribution in [0, 0.1) is 6.92 Å². The molecule has 0 saturated carbocycles. The Labute approximate surface area is 102 Å². The summed E-state index contributed by atoms with van der Waals surface area (Å²) in [5, 5.41) is 0. The van der Waals surface area contributed by atoms with Gasteiger partial charge in [-0.25, -0.2) is 4.98 Å². The van der Waals surface area contributed by atoms with Gasteiger partial charge < -0.3 is 10.7 Å². The second-order valence-corrected chi connectivity index (χ2v) is 5.46. The molecule has 0 spiro atoms. The first-order valence-electron chi connectivity index (χ1n) is 5.81. The molecule has 0 bridgehead atoms. The highest BCUT2D eigenvalue weighted by Crippen LogP contribution is 2.28. The molecule has 3 heteroatoms. The first-order chi connectivity index (χ1) is 7.88. The van der Waals surface area contributed by atoms with Crippen molar-refractivity contribution < 1.29 is 0 Å². The van der Waals surface area contributed by atoms with E-state index in [1.807, 2.05) is 0 Å². The lowest BCUT2D eigenvalue weighted by molar-refractivity contribution is 0.553. The number of hydrogen-bond donors (Lipinski definition) is 2. The van der Waals surface area contributed by atoms with E-state index >= 15 is 0 Å². The highest BCUT2D eigenvalue weighted by Gasteiger charge is 2.20. The fraction of sp³-hybridized carbons (Fsp3) is 0.357. The largest absolute Gasteiger partial charge is 0.382 e. The maximum absolute atomic E-state index is 5.97. The third kappa shape index (κ3) is 2.33. The zero-order valence-corrected chi connectivity index (χ0v) is 10.8. The normalized spacial score (nSPS) is 11.8. The van der Waals surface area contributed by atoms with Crippen molar-refractivity contribution in [2.24, 2.45) is 0 Å². The lowest BCUT2D eigenvalue weighted by Crippen LogP contribution is -2.13. The number of imidazole rings is 1. The maximum Gasteiger partial charge on any atom is 0.149 e. The van der Waals surface area contributed by atoms with Crippen molar-refractivity contribution in [2.75, 3.05) is 5.73 Å². The van der Waals surface area contributed by atoms with Crippen LogP contribution in [0.4, 0.5) is 5.82 Å². The average Bonchev–Trinajstić information content (AvgIpc) is 2.61. The van der Waals surface area contributed by atoms with Crippen molar-refractivity contribution in [1.29, 1.82) is 0 Å². The van der Waals surface area contributed by atoms with E-state index in [1.165, 1.54) is 5.56 Å². The molecule has 0 radical (unpaired) electrons. The van der Waals surface area contributed by atoms with Gasteiger partial charge in [-0.1, -0.05) is 50.6 Å². The standard InChI is InChI=1S/C14H19N3/c1-9-5-7-10(8-6-9)11-12(15)17-13(16-11)14(2,3)4/h5-8H,15H2,1-4H3,(H,16,17). The monoisotopic (exact) mass is 229 g/mol. The molecule has 2 aromatic rings. The SMILES string of the molecule is Cc1ccc(-c2[nH]c(C(C)(C)C)nc2N)cc1. The van der Waals surface area contributed by atoms with Gasteiger partial charge in [-0.15, -0.1) is 0 Å². The average molecular weight is 229 g/mol. The number of aromatic amines is 1. The molecule has 0 saturated heterocycles. The van der Waals surface area contributed by atoms with Crippen LogP contribution in [0.5, 0.6) is 0 Å². The van der Waals surface area contributed by atoms with Crippen molar-refractivity contribution in [3.63, 3.8) is 0 Å². The number of anilines is 1. The predicted octanol–water partition coefficient (Wildman–Crippen LogP) is 3.26. The molecule has 90 valence electrons. The van der Waals surface area contributed by atoms with Crippen LogP contribution in [-0.2, 0) is 5.41 Å². The molecule has 3 N–H and O–H groups in total. The summed E-state index contributed by atoms with van der Waals surface area (Å²) in [5.41, 5.74) is 9.18. The number of nitrogen functional groups attached to an aromatic ring is 1. The molecule has 0 atom stereocenters. The maximum atomic E-state index is 5.97. The van der Waals surface area contributed by atoms with Crippen molar-refractivity contribution in [3.8, 4) is 11.3 Å². The van der Waals surface area contributed by atoms with Crippen LogP contribution in [-0.4, -0.2) is 9.97 Å². The summed E-state index contributed by atoms with van der Waals surface area (Å²) in [6.45, 7) is 8.42. The summed E-state index contributed by atoms with van der Waals surface area (Å²) in [6, 6.07) is 8.27. The van der Waals surface area contributed by atoms with Gasteiger partial charge in [-0.2, -0.15) is 0 Å². The van der Waals surface area contributed by atoms with Gasteiger partial charge in [0.25, 0.3) is 0 Å². The van der Waals surface area contributed by atoms with E-state index in [4.69, 9.17) is 5.73 Å². The van der Waals surface area contributed by atoms with Crippen molar-refractivity contribution in [3.05, 3.63) is 35.7 Å². The van der Waals surface area contributed by atoms with Gasteiger partial charge in [0.1, 0.15) is 11.6 Å². The highest BCUT2D eigenvalue weighted by molar-refractivity contribution is 5.70. The van der Waals surface area contributed by atoms with Gasteiger partial charge in [0.15, 0.2) is 0 Å². The minimum absolute atomic E-state index is 0.0168. The quantitative estimate of drug-likeness (QED) is 0.788. The van der Waals surface area contributed by atoms with Crippen LogP contribution in [0.25, 0.3) is 11.3 Å². The van der Waals surface area contributed by atoms with E-state index < -0.39 is 0 Å². The van der Waals surface area contributed by atoms with Crippen molar-refractivity contribution in [2.45, 2.75) is 33.1 Å². The molecule has 2 rings (SSSR count). The topological polar surface area (TPSA) is 54.7 Å². The summed E-state index contributed by atoms with van der Waals surface area (Å²) in [7, 11) is 0. The van der Waals surface area contributed by atoms with Gasteiger partial charge in [0.2, 0.25) is 0 Å². The molecule has 0 unspecified atom stereocenters. The second kappa shape index (κ2) is 3.91. The zero-order chi connectivity index (χ0) is 12.6. The van der Waals surface area contributed by atoms with Gasteiger partial charge in [-0.3, -0.25) is 0 Å². The molecule has 0 aliphatic rings. The van der Waals surface area contributed by atoms with Crippen LogP contribution in [0.15, 0.2) is 24.3 Å². The number of hydrogen-bond acceptors (Lipinski definition) is 2. The van der Waals surface area contributed by atoms with E-state index in [-0.39, 0.29) is 5.41 Å². The minimum Gasteiger partial charge on any atom is -0.382 e. The van der Waals surface area contributed by atoms with Crippen LogP contribution in [0.1, 0.15) is 32.2 Å².